The van der Waals surface area contributed by atoms with E-state index in [1.807, 2.05) is 7.05 Å². The molecule has 3 rings (SSSR count). The van der Waals surface area contributed by atoms with E-state index in [9.17, 15) is 0 Å². The van der Waals surface area contributed by atoms with Crippen LogP contribution < -0.4 is 15.4 Å². The van der Waals surface area contributed by atoms with Crippen LogP contribution in [0.2, 0.25) is 0 Å². The van der Waals surface area contributed by atoms with Crippen LogP contribution in [0, 0.1) is 0 Å². The summed E-state index contributed by atoms with van der Waals surface area (Å²) >= 11 is 0. The first-order valence-electron chi connectivity index (χ1n) is 7.97. The maximum absolute atomic E-state index is 5.53. The summed E-state index contributed by atoms with van der Waals surface area (Å²) in [4.78, 5) is 0. The van der Waals surface area contributed by atoms with Gasteiger partial charge in [-0.2, -0.15) is 0 Å². The van der Waals surface area contributed by atoms with E-state index < -0.39 is 0 Å². The first-order valence-corrected chi connectivity index (χ1v) is 7.97. The molecule has 1 atom stereocenters. The van der Waals surface area contributed by atoms with Crippen LogP contribution >= 0.6 is 0 Å². The van der Waals surface area contributed by atoms with Gasteiger partial charge < -0.3 is 15.4 Å². The zero-order chi connectivity index (χ0) is 15.4. The van der Waals surface area contributed by atoms with Crippen molar-refractivity contribution in [2.75, 3.05) is 32.6 Å². The maximum atomic E-state index is 5.53. The van der Waals surface area contributed by atoms with Gasteiger partial charge in [-0.25, -0.2) is 0 Å². The van der Waals surface area contributed by atoms with E-state index in [0.29, 0.717) is 5.92 Å². The minimum Gasteiger partial charge on any atom is -0.497 e. The number of ether oxygens (including phenoxy) is 1. The van der Waals surface area contributed by atoms with Gasteiger partial charge in [0, 0.05) is 18.2 Å². The molecular weight excluding hydrogens is 272 g/mol. The number of anilines is 1. The molecule has 1 aliphatic heterocycles. The lowest BCUT2D eigenvalue weighted by atomic mass is 9.86. The second kappa shape index (κ2) is 6.84. The van der Waals surface area contributed by atoms with Crippen molar-refractivity contribution in [2.24, 2.45) is 0 Å². The van der Waals surface area contributed by atoms with Gasteiger partial charge in [0.05, 0.1) is 7.11 Å². The number of hydrogen-bond acceptors (Lipinski definition) is 3. The average Bonchev–Trinajstić information content (AvgIpc) is 3.04. The Kier molecular flexibility index (Phi) is 4.64. The summed E-state index contributed by atoms with van der Waals surface area (Å²) in [6.07, 6.45) is 2.15. The van der Waals surface area contributed by atoms with Gasteiger partial charge in [0.1, 0.15) is 5.75 Å². The van der Waals surface area contributed by atoms with Crippen molar-refractivity contribution in [1.82, 2.24) is 5.32 Å². The number of hydrogen-bond donors (Lipinski definition) is 2. The van der Waals surface area contributed by atoms with Gasteiger partial charge in [-0.15, -0.1) is 0 Å². The van der Waals surface area contributed by atoms with Gasteiger partial charge in [-0.1, -0.05) is 30.3 Å². The summed E-state index contributed by atoms with van der Waals surface area (Å²) in [5.41, 5.74) is 5.40. The standard InChI is InChI=1S/C19H24N2O/c1-20-10-9-17(14-6-4-3-5-7-14)18-13-16(22-2)12-15-8-11-21-19(15)18/h3-7,12-13,17,20-21H,8-11H2,1-2H3. The molecule has 0 fully saturated rings. The molecule has 0 amide bonds. The van der Waals surface area contributed by atoms with Crippen molar-refractivity contribution in [1.29, 1.82) is 0 Å². The average molecular weight is 296 g/mol. The lowest BCUT2D eigenvalue weighted by molar-refractivity contribution is 0.413. The van der Waals surface area contributed by atoms with Crippen molar-refractivity contribution in [2.45, 2.75) is 18.8 Å². The van der Waals surface area contributed by atoms with Gasteiger partial charge in [0.2, 0.25) is 0 Å². The predicted octanol–water partition coefficient (Wildman–Crippen LogP) is 3.40. The maximum Gasteiger partial charge on any atom is 0.119 e. The quantitative estimate of drug-likeness (QED) is 0.857. The lowest BCUT2D eigenvalue weighted by Crippen LogP contribution is -2.14. The fraction of sp³-hybridized carbons (Fsp3) is 0.368. The minimum absolute atomic E-state index is 0.378. The Hall–Kier alpha value is -2.00. The minimum atomic E-state index is 0.378. The summed E-state index contributed by atoms with van der Waals surface area (Å²) in [6.45, 7) is 2.01. The fourth-order valence-corrected chi connectivity index (χ4v) is 3.30. The molecule has 1 unspecified atom stereocenters. The zero-order valence-corrected chi connectivity index (χ0v) is 13.4. The van der Waals surface area contributed by atoms with Crippen molar-refractivity contribution in [3.8, 4) is 5.75 Å². The zero-order valence-electron chi connectivity index (χ0n) is 13.4. The fourth-order valence-electron chi connectivity index (χ4n) is 3.30. The normalized spacial score (nSPS) is 14.3. The molecule has 3 heteroatoms. The Balaban J connectivity index is 2.06. The third-order valence-electron chi connectivity index (χ3n) is 4.42. The van der Waals surface area contributed by atoms with Crippen LogP contribution in [0.5, 0.6) is 5.75 Å². The van der Waals surface area contributed by atoms with E-state index in [1.165, 1.54) is 22.4 Å². The highest BCUT2D eigenvalue weighted by Gasteiger charge is 2.23. The Morgan fingerprint density at radius 1 is 1.23 bits per heavy atom. The van der Waals surface area contributed by atoms with E-state index in [4.69, 9.17) is 4.74 Å². The highest BCUT2D eigenvalue weighted by atomic mass is 16.5. The number of benzene rings is 2. The molecule has 22 heavy (non-hydrogen) atoms. The molecule has 0 bridgehead atoms. The number of methoxy groups -OCH3 is 1. The molecule has 0 radical (unpaired) electrons. The number of fused-ring (bicyclic) bond motifs is 1. The van der Waals surface area contributed by atoms with Crippen molar-refractivity contribution in [3.05, 3.63) is 59.2 Å². The van der Waals surface area contributed by atoms with Gasteiger partial charge in [-0.3, -0.25) is 0 Å². The van der Waals surface area contributed by atoms with Crippen LogP contribution in [0.3, 0.4) is 0 Å². The van der Waals surface area contributed by atoms with E-state index >= 15 is 0 Å². The van der Waals surface area contributed by atoms with Gasteiger partial charge in [-0.05, 0) is 55.3 Å². The first-order chi connectivity index (χ1) is 10.8. The molecule has 2 aromatic carbocycles. The van der Waals surface area contributed by atoms with Crippen molar-refractivity contribution >= 4 is 5.69 Å². The predicted molar refractivity (Wildman–Crippen MR) is 92.0 cm³/mol. The summed E-state index contributed by atoms with van der Waals surface area (Å²) < 4.78 is 5.53. The molecule has 2 N–H and O–H groups in total. The third kappa shape index (κ3) is 2.95. The van der Waals surface area contributed by atoms with Crippen LogP contribution in [-0.2, 0) is 6.42 Å². The molecule has 0 saturated heterocycles. The molecule has 1 heterocycles. The molecule has 0 aliphatic carbocycles. The third-order valence-corrected chi connectivity index (χ3v) is 4.42. The van der Waals surface area contributed by atoms with Gasteiger partial charge >= 0.3 is 0 Å². The molecule has 116 valence electrons. The summed E-state index contributed by atoms with van der Waals surface area (Å²) in [5.74, 6) is 1.34. The monoisotopic (exact) mass is 296 g/mol. The molecular formula is C19H24N2O. The molecule has 2 aromatic rings. The first kappa shape index (κ1) is 14.9. The molecule has 1 aliphatic rings. The molecule has 3 nitrogen and oxygen atoms in total. The van der Waals surface area contributed by atoms with Gasteiger partial charge in [0.15, 0.2) is 0 Å². The van der Waals surface area contributed by atoms with Gasteiger partial charge in [0.25, 0.3) is 0 Å². The second-order valence-corrected chi connectivity index (χ2v) is 5.78. The van der Waals surface area contributed by atoms with Crippen LogP contribution in [0.25, 0.3) is 0 Å². The lowest BCUT2D eigenvalue weighted by Gasteiger charge is -2.22. The summed E-state index contributed by atoms with van der Waals surface area (Å²) in [5, 5.41) is 6.85. The second-order valence-electron chi connectivity index (χ2n) is 5.78. The Bertz CT molecular complexity index is 625. The molecule has 0 aromatic heterocycles. The Morgan fingerprint density at radius 3 is 2.77 bits per heavy atom. The summed E-state index contributed by atoms with van der Waals surface area (Å²) in [7, 11) is 3.76. The SMILES string of the molecule is CNCCC(c1ccccc1)c1cc(OC)cc2c1NCC2. The number of nitrogens with one attached hydrogen (secondary N) is 2. The van der Waals surface area contributed by atoms with Crippen LogP contribution in [0.1, 0.15) is 29.0 Å². The summed E-state index contributed by atoms with van der Waals surface area (Å²) in [6, 6.07) is 15.1. The Labute approximate surface area is 132 Å². The van der Waals surface area contributed by atoms with E-state index in [0.717, 1.165) is 31.7 Å². The molecule has 0 spiro atoms. The Morgan fingerprint density at radius 2 is 2.05 bits per heavy atom. The van der Waals surface area contributed by atoms with Crippen LogP contribution in [-0.4, -0.2) is 27.2 Å². The van der Waals surface area contributed by atoms with Crippen LogP contribution in [0.4, 0.5) is 5.69 Å². The van der Waals surface area contributed by atoms with E-state index in [-0.39, 0.29) is 0 Å². The largest absolute Gasteiger partial charge is 0.497 e. The van der Waals surface area contributed by atoms with Crippen LogP contribution in [0.15, 0.2) is 42.5 Å². The van der Waals surface area contributed by atoms with Crippen molar-refractivity contribution in [3.63, 3.8) is 0 Å². The van der Waals surface area contributed by atoms with E-state index in [2.05, 4.69) is 53.1 Å². The highest BCUT2D eigenvalue weighted by Crippen LogP contribution is 2.39. The molecule has 0 saturated carbocycles. The van der Waals surface area contributed by atoms with Crippen molar-refractivity contribution < 1.29 is 4.74 Å². The highest BCUT2D eigenvalue weighted by molar-refractivity contribution is 5.66. The van der Waals surface area contributed by atoms with E-state index in [1.54, 1.807) is 7.11 Å². The topological polar surface area (TPSA) is 33.3 Å². The number of rotatable bonds is 6. The smallest absolute Gasteiger partial charge is 0.119 e.